The third-order valence-corrected chi connectivity index (χ3v) is 2.95. The minimum atomic E-state index is -0.0414. The molecule has 0 heterocycles. The minimum Gasteiger partial charge on any atom is -0.466 e. The maximum absolute atomic E-state index is 11.1. The van der Waals surface area contributed by atoms with E-state index < -0.39 is 0 Å². The van der Waals surface area contributed by atoms with Gasteiger partial charge in [-0.15, -0.1) is 0 Å². The van der Waals surface area contributed by atoms with E-state index in [1.54, 1.807) is 0 Å². The van der Waals surface area contributed by atoms with E-state index in [1.807, 2.05) is 6.92 Å². The van der Waals surface area contributed by atoms with Crippen molar-refractivity contribution >= 4 is 5.97 Å². The van der Waals surface area contributed by atoms with Crippen LogP contribution in [0.25, 0.3) is 0 Å². The van der Waals surface area contributed by atoms with Gasteiger partial charge in [-0.3, -0.25) is 4.79 Å². The molecule has 0 rings (SSSR count). The molecule has 0 spiro atoms. The topological polar surface area (TPSA) is 26.3 Å². The van der Waals surface area contributed by atoms with Gasteiger partial charge in [0.2, 0.25) is 0 Å². The molecular formula is C14H28O2. The summed E-state index contributed by atoms with van der Waals surface area (Å²) in [5.74, 6) is 0.617. The van der Waals surface area contributed by atoms with Crippen LogP contribution in [0.4, 0.5) is 0 Å². The number of carbonyl (C=O) groups is 1. The van der Waals surface area contributed by atoms with Gasteiger partial charge in [-0.25, -0.2) is 0 Å². The summed E-state index contributed by atoms with van der Waals surface area (Å²) in [5, 5.41) is 0. The van der Waals surface area contributed by atoms with Crippen LogP contribution >= 0.6 is 0 Å². The normalized spacial score (nSPS) is 12.4. The lowest BCUT2D eigenvalue weighted by molar-refractivity contribution is -0.143. The number of ether oxygens (including phenoxy) is 1. The first kappa shape index (κ1) is 15.5. The lowest BCUT2D eigenvalue weighted by Gasteiger charge is -2.10. The van der Waals surface area contributed by atoms with Crippen molar-refractivity contribution in [3.8, 4) is 0 Å². The highest BCUT2D eigenvalue weighted by Crippen LogP contribution is 2.16. The zero-order valence-electron chi connectivity index (χ0n) is 11.3. The Hall–Kier alpha value is -0.530. The van der Waals surface area contributed by atoms with Gasteiger partial charge in [0.1, 0.15) is 0 Å². The summed E-state index contributed by atoms with van der Waals surface area (Å²) in [6.07, 6.45) is 9.50. The smallest absolute Gasteiger partial charge is 0.305 e. The summed E-state index contributed by atoms with van der Waals surface area (Å²) < 4.78 is 4.91. The fourth-order valence-electron chi connectivity index (χ4n) is 1.84. The molecule has 0 saturated heterocycles. The summed E-state index contributed by atoms with van der Waals surface area (Å²) in [7, 11) is 0. The van der Waals surface area contributed by atoms with Crippen LogP contribution in [-0.4, -0.2) is 12.6 Å². The lowest BCUT2D eigenvalue weighted by atomic mass is 9.98. The molecule has 16 heavy (non-hydrogen) atoms. The zero-order valence-corrected chi connectivity index (χ0v) is 11.3. The molecule has 0 aliphatic carbocycles. The lowest BCUT2D eigenvalue weighted by Crippen LogP contribution is -2.06. The van der Waals surface area contributed by atoms with E-state index in [9.17, 15) is 4.79 Å². The van der Waals surface area contributed by atoms with Crippen LogP contribution in [0.5, 0.6) is 0 Å². The van der Waals surface area contributed by atoms with Gasteiger partial charge in [0.25, 0.3) is 0 Å². The molecule has 96 valence electrons. The molecule has 0 fully saturated rings. The predicted octanol–water partition coefficient (Wildman–Crippen LogP) is 4.33. The monoisotopic (exact) mass is 228 g/mol. The number of esters is 1. The molecule has 0 N–H and O–H groups in total. The van der Waals surface area contributed by atoms with Crippen LogP contribution in [0, 0.1) is 5.92 Å². The van der Waals surface area contributed by atoms with Crippen LogP contribution in [-0.2, 0) is 9.53 Å². The van der Waals surface area contributed by atoms with Crippen LogP contribution < -0.4 is 0 Å². The van der Waals surface area contributed by atoms with Gasteiger partial charge >= 0.3 is 5.97 Å². The van der Waals surface area contributed by atoms with E-state index in [0.29, 0.717) is 18.9 Å². The standard InChI is InChI=1S/C14H28O2/c1-4-6-7-8-9-10-13(3)11-12-14(15)16-5-2/h13H,4-12H2,1-3H3. The van der Waals surface area contributed by atoms with Crippen molar-refractivity contribution < 1.29 is 9.53 Å². The first-order valence-electron chi connectivity index (χ1n) is 6.86. The molecule has 2 nitrogen and oxygen atoms in total. The summed E-state index contributed by atoms with van der Waals surface area (Å²) in [6, 6.07) is 0. The minimum absolute atomic E-state index is 0.0414. The molecule has 2 heteroatoms. The predicted molar refractivity (Wildman–Crippen MR) is 68.4 cm³/mol. The van der Waals surface area contributed by atoms with Crippen molar-refractivity contribution in [1.82, 2.24) is 0 Å². The molecule has 0 aromatic heterocycles. The van der Waals surface area contributed by atoms with Crippen molar-refractivity contribution in [3.63, 3.8) is 0 Å². The molecule has 1 atom stereocenters. The number of rotatable bonds is 10. The van der Waals surface area contributed by atoms with Gasteiger partial charge in [0.15, 0.2) is 0 Å². The molecule has 0 bridgehead atoms. The maximum Gasteiger partial charge on any atom is 0.305 e. The molecule has 0 radical (unpaired) electrons. The highest BCUT2D eigenvalue weighted by atomic mass is 16.5. The van der Waals surface area contributed by atoms with E-state index in [1.165, 1.54) is 38.5 Å². The average molecular weight is 228 g/mol. The second-order valence-corrected chi connectivity index (χ2v) is 4.65. The Morgan fingerprint density at radius 1 is 1.06 bits per heavy atom. The zero-order chi connectivity index (χ0) is 12.2. The molecule has 0 aromatic carbocycles. The van der Waals surface area contributed by atoms with E-state index >= 15 is 0 Å². The van der Waals surface area contributed by atoms with Gasteiger partial charge in [-0.05, 0) is 19.3 Å². The third-order valence-electron chi connectivity index (χ3n) is 2.95. The first-order chi connectivity index (χ1) is 7.70. The highest BCUT2D eigenvalue weighted by molar-refractivity contribution is 5.69. The summed E-state index contributed by atoms with van der Waals surface area (Å²) >= 11 is 0. The van der Waals surface area contributed by atoms with Crippen molar-refractivity contribution in [2.75, 3.05) is 6.61 Å². The fourth-order valence-corrected chi connectivity index (χ4v) is 1.84. The van der Waals surface area contributed by atoms with Gasteiger partial charge in [0.05, 0.1) is 6.61 Å². The Balaban J connectivity index is 3.30. The summed E-state index contributed by atoms with van der Waals surface area (Å²) in [5.41, 5.74) is 0. The van der Waals surface area contributed by atoms with Gasteiger partial charge in [-0.2, -0.15) is 0 Å². The van der Waals surface area contributed by atoms with E-state index in [0.717, 1.165) is 6.42 Å². The third kappa shape index (κ3) is 10.0. The Bertz CT molecular complexity index is 166. The van der Waals surface area contributed by atoms with Gasteiger partial charge in [-0.1, -0.05) is 52.4 Å². The second kappa shape index (κ2) is 11.0. The van der Waals surface area contributed by atoms with E-state index in [-0.39, 0.29) is 5.97 Å². The molecule has 0 aliphatic heterocycles. The maximum atomic E-state index is 11.1. The number of unbranched alkanes of at least 4 members (excludes halogenated alkanes) is 4. The molecule has 0 aromatic rings. The molecule has 1 unspecified atom stereocenters. The van der Waals surface area contributed by atoms with Crippen molar-refractivity contribution in [2.24, 2.45) is 5.92 Å². The van der Waals surface area contributed by atoms with Crippen LogP contribution in [0.2, 0.25) is 0 Å². The van der Waals surface area contributed by atoms with E-state index in [2.05, 4.69) is 13.8 Å². The molecule has 0 aliphatic rings. The highest BCUT2D eigenvalue weighted by Gasteiger charge is 2.06. The molecular weight excluding hydrogens is 200 g/mol. The Kier molecular flexibility index (Phi) is 10.6. The Morgan fingerprint density at radius 2 is 1.75 bits per heavy atom. The van der Waals surface area contributed by atoms with E-state index in [4.69, 9.17) is 4.74 Å². The quantitative estimate of drug-likeness (QED) is 0.411. The summed E-state index contributed by atoms with van der Waals surface area (Å²) in [6.45, 7) is 6.83. The number of carbonyl (C=O) groups excluding carboxylic acids is 1. The number of hydrogen-bond acceptors (Lipinski definition) is 2. The van der Waals surface area contributed by atoms with Gasteiger partial charge < -0.3 is 4.74 Å². The van der Waals surface area contributed by atoms with Crippen molar-refractivity contribution in [2.45, 2.75) is 72.1 Å². The Labute approximate surface area is 101 Å². The van der Waals surface area contributed by atoms with Gasteiger partial charge in [0, 0.05) is 6.42 Å². The fraction of sp³-hybridized carbons (Fsp3) is 0.929. The summed E-state index contributed by atoms with van der Waals surface area (Å²) in [4.78, 5) is 11.1. The van der Waals surface area contributed by atoms with Crippen LogP contribution in [0.1, 0.15) is 72.1 Å². The van der Waals surface area contributed by atoms with Crippen LogP contribution in [0.3, 0.4) is 0 Å². The van der Waals surface area contributed by atoms with Crippen molar-refractivity contribution in [3.05, 3.63) is 0 Å². The molecule has 0 saturated carbocycles. The Morgan fingerprint density at radius 3 is 2.38 bits per heavy atom. The molecule has 0 amide bonds. The SMILES string of the molecule is CCCCCCCC(C)CCC(=O)OCC. The second-order valence-electron chi connectivity index (χ2n) is 4.65. The average Bonchev–Trinajstić information content (AvgIpc) is 2.26. The van der Waals surface area contributed by atoms with Crippen LogP contribution in [0.15, 0.2) is 0 Å². The largest absolute Gasteiger partial charge is 0.466 e. The number of hydrogen-bond donors (Lipinski definition) is 0. The van der Waals surface area contributed by atoms with Crippen molar-refractivity contribution in [1.29, 1.82) is 0 Å². The first-order valence-corrected chi connectivity index (χ1v) is 6.86.